The smallest absolute Gasteiger partial charge is 0.223 e. The molecule has 1 aromatic heterocycles. The lowest BCUT2D eigenvalue weighted by Gasteiger charge is -2.16. The highest BCUT2D eigenvalue weighted by molar-refractivity contribution is 7.16. The number of nitrogens with one attached hydrogen (secondary N) is 2. The molecule has 0 radical (unpaired) electrons. The standard InChI is InChI=1S/C21H27ClN4O2S/c1-2-23-21(25-12-17(27)18-9-10-19(22)29-18)24-11-5-8-20(28)26-13-15-6-3-4-7-16(15)14-26/h3-4,6-7,9-10,17,27H,2,5,8,11-14H2,1H3,(H2,23,24,25). The number of aliphatic hydroxyl groups excluding tert-OH is 1. The molecule has 1 aromatic carbocycles. The van der Waals surface area contributed by atoms with Crippen molar-refractivity contribution in [3.63, 3.8) is 0 Å². The third-order valence-electron chi connectivity index (χ3n) is 4.74. The highest BCUT2D eigenvalue weighted by Gasteiger charge is 2.22. The van der Waals surface area contributed by atoms with Crippen LogP contribution in [-0.4, -0.2) is 41.5 Å². The molecule has 2 heterocycles. The fourth-order valence-corrected chi connectivity index (χ4v) is 4.27. The predicted molar refractivity (Wildman–Crippen MR) is 118 cm³/mol. The van der Waals surface area contributed by atoms with Crippen molar-refractivity contribution in [3.05, 3.63) is 56.7 Å². The third kappa shape index (κ3) is 6.19. The Balaban J connectivity index is 1.40. The van der Waals surface area contributed by atoms with Crippen molar-refractivity contribution >= 4 is 34.8 Å². The number of hydrogen-bond donors (Lipinski definition) is 3. The zero-order valence-corrected chi connectivity index (χ0v) is 18.1. The number of halogens is 1. The first-order valence-electron chi connectivity index (χ1n) is 9.87. The number of hydrogen-bond acceptors (Lipinski definition) is 4. The normalized spacial score (nSPS) is 14.6. The monoisotopic (exact) mass is 434 g/mol. The summed E-state index contributed by atoms with van der Waals surface area (Å²) in [5.41, 5.74) is 2.48. The van der Waals surface area contributed by atoms with Gasteiger partial charge in [-0.2, -0.15) is 0 Å². The molecular weight excluding hydrogens is 408 g/mol. The molecule has 3 N–H and O–H groups in total. The first-order valence-corrected chi connectivity index (χ1v) is 11.1. The predicted octanol–water partition coefficient (Wildman–Crippen LogP) is 3.31. The maximum Gasteiger partial charge on any atom is 0.223 e. The largest absolute Gasteiger partial charge is 0.386 e. The lowest BCUT2D eigenvalue weighted by Crippen LogP contribution is -2.38. The number of rotatable bonds is 8. The summed E-state index contributed by atoms with van der Waals surface area (Å²) in [4.78, 5) is 19.6. The van der Waals surface area contributed by atoms with E-state index in [9.17, 15) is 9.90 Å². The van der Waals surface area contributed by atoms with Crippen molar-refractivity contribution in [3.8, 4) is 0 Å². The van der Waals surface area contributed by atoms with Gasteiger partial charge in [-0.05, 0) is 36.6 Å². The fourth-order valence-electron chi connectivity index (χ4n) is 3.23. The van der Waals surface area contributed by atoms with Crippen LogP contribution in [0, 0.1) is 0 Å². The molecule has 0 saturated carbocycles. The Morgan fingerprint density at radius 2 is 1.97 bits per heavy atom. The van der Waals surface area contributed by atoms with E-state index in [1.54, 1.807) is 6.07 Å². The van der Waals surface area contributed by atoms with E-state index in [1.165, 1.54) is 22.5 Å². The van der Waals surface area contributed by atoms with Gasteiger partial charge >= 0.3 is 0 Å². The van der Waals surface area contributed by atoms with Crippen LogP contribution in [0.15, 0.2) is 41.4 Å². The van der Waals surface area contributed by atoms with E-state index in [0.717, 1.165) is 17.8 Å². The molecular formula is C21H27ClN4O2S. The molecule has 156 valence electrons. The maximum absolute atomic E-state index is 12.5. The van der Waals surface area contributed by atoms with Gasteiger partial charge in [0, 0.05) is 37.5 Å². The molecule has 29 heavy (non-hydrogen) atoms. The van der Waals surface area contributed by atoms with Gasteiger partial charge in [0.25, 0.3) is 0 Å². The van der Waals surface area contributed by atoms with Crippen LogP contribution in [0.4, 0.5) is 0 Å². The van der Waals surface area contributed by atoms with Gasteiger partial charge < -0.3 is 20.6 Å². The van der Waals surface area contributed by atoms with Gasteiger partial charge in [-0.25, -0.2) is 0 Å². The molecule has 3 rings (SSSR count). The number of fused-ring (bicyclic) bond motifs is 1. The average molecular weight is 435 g/mol. The average Bonchev–Trinajstić information content (AvgIpc) is 3.35. The molecule has 0 bridgehead atoms. The maximum atomic E-state index is 12.5. The number of carbonyl (C=O) groups is 1. The minimum Gasteiger partial charge on any atom is -0.386 e. The van der Waals surface area contributed by atoms with E-state index < -0.39 is 6.10 Å². The van der Waals surface area contributed by atoms with Gasteiger partial charge in [-0.3, -0.25) is 9.79 Å². The zero-order valence-electron chi connectivity index (χ0n) is 16.5. The molecule has 0 saturated heterocycles. The Bertz CT molecular complexity index is 830. The van der Waals surface area contributed by atoms with Crippen LogP contribution in [0.2, 0.25) is 4.34 Å². The fraction of sp³-hybridized carbons (Fsp3) is 0.429. The molecule has 6 nitrogen and oxygen atoms in total. The molecule has 1 atom stereocenters. The number of aliphatic imine (C=N–C) groups is 1. The summed E-state index contributed by atoms with van der Waals surface area (Å²) >= 11 is 7.27. The van der Waals surface area contributed by atoms with Crippen LogP contribution in [0.3, 0.4) is 0 Å². The third-order valence-corrected chi connectivity index (χ3v) is 6.07. The Kier molecular flexibility index (Phi) is 7.91. The summed E-state index contributed by atoms with van der Waals surface area (Å²) < 4.78 is 0.652. The van der Waals surface area contributed by atoms with Crippen molar-refractivity contribution in [2.75, 3.05) is 19.6 Å². The minimum atomic E-state index is -0.679. The number of aliphatic hydroxyl groups is 1. The number of guanidine groups is 1. The van der Waals surface area contributed by atoms with Crippen molar-refractivity contribution in [1.29, 1.82) is 0 Å². The van der Waals surface area contributed by atoms with Crippen LogP contribution >= 0.6 is 22.9 Å². The summed E-state index contributed by atoms with van der Waals surface area (Å²) in [5.74, 6) is 0.810. The van der Waals surface area contributed by atoms with Gasteiger partial charge in [0.1, 0.15) is 6.10 Å². The minimum absolute atomic E-state index is 0.176. The Morgan fingerprint density at radius 3 is 2.59 bits per heavy atom. The molecule has 1 unspecified atom stereocenters. The van der Waals surface area contributed by atoms with Crippen LogP contribution in [0.1, 0.15) is 41.9 Å². The van der Waals surface area contributed by atoms with Crippen LogP contribution in [0.25, 0.3) is 0 Å². The molecule has 1 aliphatic heterocycles. The number of thiophene rings is 1. The Labute approximate surface area is 180 Å². The topological polar surface area (TPSA) is 77.0 Å². The van der Waals surface area contributed by atoms with Gasteiger partial charge in [0.2, 0.25) is 5.91 Å². The number of benzene rings is 1. The van der Waals surface area contributed by atoms with E-state index in [4.69, 9.17) is 11.6 Å². The van der Waals surface area contributed by atoms with Crippen molar-refractivity contribution in [2.45, 2.75) is 39.0 Å². The van der Waals surface area contributed by atoms with Crippen molar-refractivity contribution < 1.29 is 9.90 Å². The zero-order chi connectivity index (χ0) is 20.6. The highest BCUT2D eigenvalue weighted by Crippen LogP contribution is 2.27. The Hall–Kier alpha value is -2.09. The number of carbonyl (C=O) groups excluding carboxylic acids is 1. The van der Waals surface area contributed by atoms with E-state index in [0.29, 0.717) is 36.4 Å². The van der Waals surface area contributed by atoms with E-state index in [-0.39, 0.29) is 12.5 Å². The van der Waals surface area contributed by atoms with Gasteiger partial charge in [-0.15, -0.1) is 11.3 Å². The van der Waals surface area contributed by atoms with Crippen molar-refractivity contribution in [2.24, 2.45) is 4.99 Å². The number of amides is 1. The van der Waals surface area contributed by atoms with E-state index in [1.807, 2.05) is 30.0 Å². The SMILES string of the molecule is CCNC(=NCC(O)c1ccc(Cl)s1)NCCCC(=O)N1Cc2ccccc2C1. The molecule has 8 heteroatoms. The van der Waals surface area contributed by atoms with Crippen molar-refractivity contribution in [1.82, 2.24) is 15.5 Å². The van der Waals surface area contributed by atoms with Gasteiger partial charge in [0.15, 0.2) is 5.96 Å². The molecule has 0 fully saturated rings. The van der Waals surface area contributed by atoms with Gasteiger partial charge in [0.05, 0.1) is 10.9 Å². The molecule has 2 aromatic rings. The lowest BCUT2D eigenvalue weighted by atomic mass is 10.1. The van der Waals surface area contributed by atoms with E-state index in [2.05, 4.69) is 27.8 Å². The quantitative estimate of drug-likeness (QED) is 0.338. The highest BCUT2D eigenvalue weighted by atomic mass is 35.5. The first-order chi connectivity index (χ1) is 14.1. The number of nitrogens with zero attached hydrogens (tertiary/aromatic N) is 2. The van der Waals surface area contributed by atoms with Crippen LogP contribution < -0.4 is 10.6 Å². The Morgan fingerprint density at radius 1 is 1.24 bits per heavy atom. The van der Waals surface area contributed by atoms with Gasteiger partial charge in [-0.1, -0.05) is 35.9 Å². The summed E-state index contributed by atoms with van der Waals surface area (Å²) in [6.45, 7) is 5.00. The molecule has 1 amide bonds. The molecule has 0 spiro atoms. The summed E-state index contributed by atoms with van der Waals surface area (Å²) in [6, 6.07) is 11.8. The first kappa shape index (κ1) is 21.6. The molecule has 1 aliphatic rings. The van der Waals surface area contributed by atoms with Crippen LogP contribution in [0.5, 0.6) is 0 Å². The lowest BCUT2D eigenvalue weighted by molar-refractivity contribution is -0.131. The summed E-state index contributed by atoms with van der Waals surface area (Å²) in [5, 5.41) is 16.6. The second-order valence-corrected chi connectivity index (χ2v) is 8.67. The molecule has 0 aliphatic carbocycles. The second-order valence-electron chi connectivity index (χ2n) is 6.93. The summed E-state index contributed by atoms with van der Waals surface area (Å²) in [7, 11) is 0. The van der Waals surface area contributed by atoms with Crippen LogP contribution in [-0.2, 0) is 17.9 Å². The summed E-state index contributed by atoms with van der Waals surface area (Å²) in [6.07, 6.45) is 0.539. The second kappa shape index (κ2) is 10.6. The van der Waals surface area contributed by atoms with E-state index >= 15 is 0 Å².